The topological polar surface area (TPSA) is 37.0 Å². The molecule has 33 heavy (non-hydrogen) atoms. The first-order chi connectivity index (χ1) is 16.3. The van der Waals surface area contributed by atoms with Gasteiger partial charge in [-0.2, -0.15) is 4.57 Å². The molecule has 4 aromatic rings. The molecule has 1 N–H and O–H groups in total. The fourth-order valence-electron chi connectivity index (χ4n) is 5.41. The molecule has 3 heteroatoms. The number of aryl methyl sites for hydroxylation is 2. The SMILES string of the molecule is CCCC1CCc2nc3ccccc3c(/C=C/c3c4ccccc4cc[n+]3CCCO)c2C1. The van der Waals surface area contributed by atoms with Gasteiger partial charge in [0.15, 0.2) is 12.7 Å². The molecule has 0 amide bonds. The first kappa shape index (κ1) is 21.8. The monoisotopic (exact) mass is 437 g/mol. The summed E-state index contributed by atoms with van der Waals surface area (Å²) in [6.45, 7) is 3.29. The van der Waals surface area contributed by atoms with E-state index in [4.69, 9.17) is 4.98 Å². The standard InChI is InChI=1S/C30H33N2O/c1-2-8-22-13-15-29-27(21-22)25(26-11-5-6-12-28(26)31-29)14-16-30-24-10-4-3-9-23(24)17-19-32(30)18-7-20-33/h3-6,9-12,14,16-17,19,22,33H,2,7-8,13,15,18,20-21H2,1H3/q+1/b16-14+. The van der Waals surface area contributed by atoms with Crippen molar-refractivity contribution < 1.29 is 9.67 Å². The smallest absolute Gasteiger partial charge is 0.213 e. The van der Waals surface area contributed by atoms with Crippen LogP contribution in [-0.2, 0) is 19.4 Å². The van der Waals surface area contributed by atoms with Crippen molar-refractivity contribution in [2.45, 2.75) is 52.0 Å². The van der Waals surface area contributed by atoms with E-state index in [-0.39, 0.29) is 6.61 Å². The van der Waals surface area contributed by atoms with Crippen LogP contribution in [0, 0.1) is 5.92 Å². The summed E-state index contributed by atoms with van der Waals surface area (Å²) in [5.74, 6) is 0.754. The molecule has 0 saturated carbocycles. The van der Waals surface area contributed by atoms with Crippen LogP contribution in [0.4, 0.5) is 0 Å². The van der Waals surface area contributed by atoms with Crippen molar-refractivity contribution in [2.75, 3.05) is 6.61 Å². The molecule has 2 heterocycles. The highest BCUT2D eigenvalue weighted by molar-refractivity contribution is 5.95. The minimum Gasteiger partial charge on any atom is -0.396 e. The summed E-state index contributed by atoms with van der Waals surface area (Å²) >= 11 is 0. The van der Waals surface area contributed by atoms with Crippen LogP contribution in [0.15, 0.2) is 60.8 Å². The van der Waals surface area contributed by atoms with Gasteiger partial charge in [0.25, 0.3) is 0 Å². The molecule has 1 unspecified atom stereocenters. The van der Waals surface area contributed by atoms with Crippen molar-refractivity contribution in [3.63, 3.8) is 0 Å². The van der Waals surface area contributed by atoms with E-state index in [1.807, 2.05) is 0 Å². The minimum absolute atomic E-state index is 0.199. The number of aliphatic hydroxyl groups is 1. The summed E-state index contributed by atoms with van der Waals surface area (Å²) in [5, 5.41) is 13.1. The average Bonchev–Trinajstić information content (AvgIpc) is 2.86. The lowest BCUT2D eigenvalue weighted by atomic mass is 9.81. The Labute approximate surface area is 196 Å². The fourth-order valence-corrected chi connectivity index (χ4v) is 5.41. The fraction of sp³-hybridized carbons (Fsp3) is 0.333. The largest absolute Gasteiger partial charge is 0.396 e. The molecular formula is C30H33N2O+. The molecule has 0 spiro atoms. The lowest BCUT2D eigenvalue weighted by Gasteiger charge is -2.26. The first-order valence-electron chi connectivity index (χ1n) is 12.4. The number of aromatic nitrogens is 2. The summed E-state index contributed by atoms with van der Waals surface area (Å²) in [5.41, 5.74) is 6.34. The summed E-state index contributed by atoms with van der Waals surface area (Å²) in [6.07, 6.45) is 13.5. The Kier molecular flexibility index (Phi) is 6.50. The summed E-state index contributed by atoms with van der Waals surface area (Å²) in [4.78, 5) is 5.07. The van der Waals surface area contributed by atoms with E-state index in [2.05, 4.69) is 84.4 Å². The minimum atomic E-state index is 0.199. The van der Waals surface area contributed by atoms with Gasteiger partial charge in [0, 0.05) is 36.3 Å². The van der Waals surface area contributed by atoms with E-state index >= 15 is 0 Å². The van der Waals surface area contributed by atoms with Gasteiger partial charge in [0.2, 0.25) is 5.69 Å². The van der Waals surface area contributed by atoms with Crippen LogP contribution in [0.3, 0.4) is 0 Å². The Morgan fingerprint density at radius 2 is 1.85 bits per heavy atom. The Bertz CT molecular complexity index is 1310. The second kappa shape index (κ2) is 9.84. The van der Waals surface area contributed by atoms with E-state index in [0.29, 0.717) is 0 Å². The van der Waals surface area contributed by atoms with Gasteiger partial charge in [-0.1, -0.05) is 56.2 Å². The molecule has 1 aliphatic rings. The van der Waals surface area contributed by atoms with Gasteiger partial charge in [-0.15, -0.1) is 0 Å². The van der Waals surface area contributed by atoms with Crippen LogP contribution in [-0.4, -0.2) is 16.7 Å². The maximum absolute atomic E-state index is 9.42. The number of pyridine rings is 2. The predicted octanol–water partition coefficient (Wildman–Crippen LogP) is 6.13. The molecule has 0 bridgehead atoms. The third-order valence-corrected chi connectivity index (χ3v) is 7.05. The number of hydrogen-bond donors (Lipinski definition) is 1. The van der Waals surface area contributed by atoms with Crippen molar-refractivity contribution in [2.24, 2.45) is 5.92 Å². The molecule has 0 radical (unpaired) electrons. The molecule has 1 atom stereocenters. The van der Waals surface area contributed by atoms with Gasteiger partial charge >= 0.3 is 0 Å². The molecule has 3 nitrogen and oxygen atoms in total. The maximum atomic E-state index is 9.42. The Hall–Kier alpha value is -3.04. The molecule has 5 rings (SSSR count). The van der Waals surface area contributed by atoms with Crippen molar-refractivity contribution in [1.82, 2.24) is 4.98 Å². The number of hydrogen-bond acceptors (Lipinski definition) is 2. The summed E-state index contributed by atoms with van der Waals surface area (Å²) < 4.78 is 2.27. The zero-order valence-corrected chi connectivity index (χ0v) is 19.5. The third-order valence-electron chi connectivity index (χ3n) is 7.05. The second-order valence-corrected chi connectivity index (χ2v) is 9.26. The molecule has 0 aliphatic heterocycles. The lowest BCUT2D eigenvalue weighted by molar-refractivity contribution is -0.697. The van der Waals surface area contributed by atoms with Crippen LogP contribution < -0.4 is 4.57 Å². The average molecular weight is 438 g/mol. The molecule has 2 aromatic heterocycles. The number of benzene rings is 2. The lowest BCUT2D eigenvalue weighted by Crippen LogP contribution is -2.37. The highest BCUT2D eigenvalue weighted by Crippen LogP contribution is 2.34. The van der Waals surface area contributed by atoms with E-state index in [9.17, 15) is 5.11 Å². The zero-order chi connectivity index (χ0) is 22.6. The predicted molar refractivity (Wildman–Crippen MR) is 137 cm³/mol. The van der Waals surface area contributed by atoms with Crippen molar-refractivity contribution in [3.8, 4) is 0 Å². The van der Waals surface area contributed by atoms with E-state index in [0.717, 1.165) is 37.2 Å². The first-order valence-corrected chi connectivity index (χ1v) is 12.4. The molecule has 0 fully saturated rings. The van der Waals surface area contributed by atoms with Crippen LogP contribution in [0.5, 0.6) is 0 Å². The number of nitrogens with zero attached hydrogens (tertiary/aromatic N) is 2. The van der Waals surface area contributed by atoms with Crippen molar-refractivity contribution in [1.29, 1.82) is 0 Å². The highest BCUT2D eigenvalue weighted by Gasteiger charge is 2.23. The number of para-hydroxylation sites is 1. The zero-order valence-electron chi connectivity index (χ0n) is 19.5. The molecule has 1 aliphatic carbocycles. The quantitative estimate of drug-likeness (QED) is 0.353. The van der Waals surface area contributed by atoms with E-state index in [1.54, 1.807) is 0 Å². The van der Waals surface area contributed by atoms with E-state index in [1.165, 1.54) is 57.9 Å². The van der Waals surface area contributed by atoms with Gasteiger partial charge in [-0.05, 0) is 59.9 Å². The van der Waals surface area contributed by atoms with Gasteiger partial charge in [0.05, 0.1) is 10.9 Å². The van der Waals surface area contributed by atoms with E-state index < -0.39 is 0 Å². The summed E-state index contributed by atoms with van der Waals surface area (Å²) in [7, 11) is 0. The Morgan fingerprint density at radius 1 is 1.03 bits per heavy atom. The Morgan fingerprint density at radius 3 is 2.70 bits per heavy atom. The molecular weight excluding hydrogens is 404 g/mol. The Balaban J connectivity index is 1.66. The molecule has 0 saturated heterocycles. The number of aliphatic hydroxyl groups excluding tert-OH is 1. The number of rotatable bonds is 7. The van der Waals surface area contributed by atoms with Gasteiger partial charge < -0.3 is 5.11 Å². The van der Waals surface area contributed by atoms with Crippen molar-refractivity contribution >= 4 is 33.8 Å². The second-order valence-electron chi connectivity index (χ2n) is 9.26. The highest BCUT2D eigenvalue weighted by atomic mass is 16.3. The van der Waals surface area contributed by atoms with Crippen LogP contribution in [0.2, 0.25) is 0 Å². The van der Waals surface area contributed by atoms with Crippen LogP contribution >= 0.6 is 0 Å². The number of fused-ring (bicyclic) bond motifs is 3. The van der Waals surface area contributed by atoms with Gasteiger partial charge in [0.1, 0.15) is 0 Å². The third kappa shape index (κ3) is 4.43. The summed E-state index contributed by atoms with van der Waals surface area (Å²) in [6, 6.07) is 19.3. The molecule has 2 aromatic carbocycles. The van der Waals surface area contributed by atoms with Crippen LogP contribution in [0.25, 0.3) is 33.8 Å². The van der Waals surface area contributed by atoms with Crippen molar-refractivity contribution in [3.05, 3.63) is 83.3 Å². The van der Waals surface area contributed by atoms with Gasteiger partial charge in [-0.3, -0.25) is 4.98 Å². The molecule has 168 valence electrons. The maximum Gasteiger partial charge on any atom is 0.213 e. The van der Waals surface area contributed by atoms with Crippen LogP contribution in [0.1, 0.15) is 55.1 Å². The van der Waals surface area contributed by atoms with Gasteiger partial charge in [-0.25, -0.2) is 0 Å². The normalized spacial score (nSPS) is 16.0.